The van der Waals surface area contributed by atoms with Crippen molar-refractivity contribution in [3.63, 3.8) is 0 Å². The number of nitrogens with zero attached hydrogens (tertiary/aromatic N) is 1. The number of likely N-dealkylation sites (tertiary alicyclic amines) is 1. The molecule has 1 heterocycles. The second-order valence-electron chi connectivity index (χ2n) is 8.54. The molecule has 7 nitrogen and oxygen atoms in total. The van der Waals surface area contributed by atoms with E-state index in [0.717, 1.165) is 47.9 Å². The minimum absolute atomic E-state index is 0.0362. The van der Waals surface area contributed by atoms with E-state index in [1.807, 2.05) is 36.4 Å². The van der Waals surface area contributed by atoms with Gasteiger partial charge in [0.2, 0.25) is 0 Å². The summed E-state index contributed by atoms with van der Waals surface area (Å²) < 4.78 is 5.45. The predicted molar refractivity (Wildman–Crippen MR) is 127 cm³/mol. The predicted octanol–water partition coefficient (Wildman–Crippen LogP) is 3.77. The van der Waals surface area contributed by atoms with Crippen molar-refractivity contribution in [1.29, 1.82) is 0 Å². The van der Waals surface area contributed by atoms with Crippen molar-refractivity contribution >= 4 is 18.0 Å². The molecule has 0 saturated carbocycles. The Labute approximate surface area is 199 Å². The maximum atomic E-state index is 12.5. The van der Waals surface area contributed by atoms with Gasteiger partial charge in [0.1, 0.15) is 12.6 Å². The summed E-state index contributed by atoms with van der Waals surface area (Å²) in [6, 6.07) is 15.3. The van der Waals surface area contributed by atoms with Crippen LogP contribution in [0.2, 0.25) is 0 Å². The quantitative estimate of drug-likeness (QED) is 0.677. The van der Waals surface area contributed by atoms with E-state index in [-0.39, 0.29) is 19.1 Å². The third kappa shape index (κ3) is 5.23. The molecule has 2 amide bonds. The number of alkyl carbamates (subject to hydrolysis) is 1. The van der Waals surface area contributed by atoms with Gasteiger partial charge in [-0.2, -0.15) is 0 Å². The number of carbonyl (C=O) groups excluding carboxylic acids is 2. The summed E-state index contributed by atoms with van der Waals surface area (Å²) in [7, 11) is 0. The van der Waals surface area contributed by atoms with Crippen LogP contribution in [0, 0.1) is 11.8 Å². The van der Waals surface area contributed by atoms with Crippen LogP contribution in [0.5, 0.6) is 0 Å². The molecule has 176 valence electrons. The Morgan fingerprint density at radius 2 is 1.62 bits per heavy atom. The highest BCUT2D eigenvalue weighted by atomic mass is 16.5. The molecule has 1 aliphatic heterocycles. The van der Waals surface area contributed by atoms with Crippen LogP contribution in [0.3, 0.4) is 0 Å². The maximum absolute atomic E-state index is 12.5. The summed E-state index contributed by atoms with van der Waals surface area (Å²) >= 11 is 0. The van der Waals surface area contributed by atoms with Crippen LogP contribution in [0.25, 0.3) is 11.1 Å². The van der Waals surface area contributed by atoms with E-state index < -0.39 is 24.0 Å². The van der Waals surface area contributed by atoms with Crippen LogP contribution in [0.4, 0.5) is 4.79 Å². The minimum Gasteiger partial charge on any atom is -0.480 e. The molecule has 1 aliphatic carbocycles. The van der Waals surface area contributed by atoms with Crippen molar-refractivity contribution in [3.8, 4) is 23.0 Å². The normalized spacial score (nSPS) is 17.3. The number of rotatable bonds is 4. The zero-order valence-corrected chi connectivity index (χ0v) is 19.0. The first kappa shape index (κ1) is 23.4. The number of amides is 2. The maximum Gasteiger partial charge on any atom is 0.407 e. The fraction of sp³-hybridized carbons (Fsp3) is 0.370. The Morgan fingerprint density at radius 3 is 2.29 bits per heavy atom. The number of carbonyl (C=O) groups is 3. The van der Waals surface area contributed by atoms with Crippen molar-refractivity contribution in [3.05, 3.63) is 59.7 Å². The van der Waals surface area contributed by atoms with Crippen molar-refractivity contribution in [1.82, 2.24) is 10.2 Å². The highest BCUT2D eigenvalue weighted by Gasteiger charge is 2.30. The largest absolute Gasteiger partial charge is 0.480 e. The zero-order valence-electron chi connectivity index (χ0n) is 19.0. The Kier molecular flexibility index (Phi) is 7.48. The summed E-state index contributed by atoms with van der Waals surface area (Å²) in [6.45, 7) is 0.512. The van der Waals surface area contributed by atoms with Gasteiger partial charge in [0.25, 0.3) is 5.91 Å². The summed E-state index contributed by atoms with van der Waals surface area (Å²) in [4.78, 5) is 37.6. The van der Waals surface area contributed by atoms with Gasteiger partial charge in [-0.3, -0.25) is 4.79 Å². The molecule has 0 radical (unpaired) electrons. The molecule has 4 rings (SSSR count). The zero-order chi connectivity index (χ0) is 23.9. The highest BCUT2D eigenvalue weighted by Crippen LogP contribution is 2.44. The number of carboxylic acid groups (broad SMARTS) is 1. The molecule has 2 N–H and O–H groups in total. The average Bonchev–Trinajstić information content (AvgIpc) is 3.14. The van der Waals surface area contributed by atoms with Gasteiger partial charge in [-0.05, 0) is 41.0 Å². The molecule has 34 heavy (non-hydrogen) atoms. The average molecular weight is 461 g/mol. The second-order valence-corrected chi connectivity index (χ2v) is 8.54. The van der Waals surface area contributed by atoms with Crippen LogP contribution in [-0.2, 0) is 14.3 Å². The molecule has 1 unspecified atom stereocenters. The number of fused-ring (bicyclic) bond motifs is 3. The lowest BCUT2D eigenvalue weighted by Gasteiger charge is -2.29. The van der Waals surface area contributed by atoms with Gasteiger partial charge in [0, 0.05) is 12.5 Å². The first-order valence-electron chi connectivity index (χ1n) is 11.7. The molecule has 2 aromatic rings. The number of hydrogen-bond donors (Lipinski definition) is 2. The summed E-state index contributed by atoms with van der Waals surface area (Å²) in [5, 5.41) is 12.0. The summed E-state index contributed by atoms with van der Waals surface area (Å²) in [5.74, 6) is 3.52. The van der Waals surface area contributed by atoms with Crippen LogP contribution < -0.4 is 5.32 Å². The SMILES string of the molecule is O=C(NCC#CC(=O)N1CCCCCCC1C(=O)O)OCC1c2ccccc2-c2ccccc21. The van der Waals surface area contributed by atoms with Crippen LogP contribution in [0.15, 0.2) is 48.5 Å². The first-order valence-corrected chi connectivity index (χ1v) is 11.7. The van der Waals surface area contributed by atoms with E-state index in [2.05, 4.69) is 29.3 Å². The summed E-state index contributed by atoms with van der Waals surface area (Å²) in [5.41, 5.74) is 4.56. The molecule has 1 atom stereocenters. The number of hydrogen-bond acceptors (Lipinski definition) is 4. The van der Waals surface area contributed by atoms with Crippen molar-refractivity contribution in [2.24, 2.45) is 0 Å². The van der Waals surface area contributed by atoms with E-state index in [0.29, 0.717) is 13.0 Å². The molecule has 1 saturated heterocycles. The number of carboxylic acids is 1. The first-order chi connectivity index (χ1) is 16.6. The molecule has 1 fully saturated rings. The van der Waals surface area contributed by atoms with E-state index in [4.69, 9.17) is 4.74 Å². The topological polar surface area (TPSA) is 95.9 Å². The highest BCUT2D eigenvalue weighted by molar-refractivity contribution is 5.96. The number of ether oxygens (including phenoxy) is 1. The molecular formula is C27H28N2O5. The van der Waals surface area contributed by atoms with E-state index in [1.165, 1.54) is 4.90 Å². The number of nitrogens with one attached hydrogen (secondary N) is 1. The molecule has 7 heteroatoms. The fourth-order valence-corrected chi connectivity index (χ4v) is 4.74. The standard InChI is InChI=1S/C27H28N2O5/c30-25(29-17-8-2-1-3-14-24(29)26(31)32)15-9-16-28-27(33)34-18-23-21-12-6-4-10-19(21)20-11-5-7-13-22(20)23/h4-7,10-13,23-24H,1-3,8,14,16-18H2,(H,28,33)(H,31,32). The van der Waals surface area contributed by atoms with Gasteiger partial charge < -0.3 is 20.1 Å². The second kappa shape index (κ2) is 10.9. The van der Waals surface area contributed by atoms with Crippen molar-refractivity contribution in [2.75, 3.05) is 19.7 Å². The fourth-order valence-electron chi connectivity index (χ4n) is 4.74. The Balaban J connectivity index is 1.30. The van der Waals surface area contributed by atoms with Gasteiger partial charge in [-0.15, -0.1) is 0 Å². The Morgan fingerprint density at radius 1 is 0.971 bits per heavy atom. The summed E-state index contributed by atoms with van der Waals surface area (Å²) in [6.07, 6.45) is 3.29. The van der Waals surface area contributed by atoms with Gasteiger partial charge in [0.15, 0.2) is 0 Å². The third-order valence-electron chi connectivity index (χ3n) is 6.41. The van der Waals surface area contributed by atoms with Gasteiger partial charge in [-0.25, -0.2) is 9.59 Å². The van der Waals surface area contributed by atoms with Gasteiger partial charge in [-0.1, -0.05) is 73.7 Å². The van der Waals surface area contributed by atoms with Crippen LogP contribution in [0.1, 0.15) is 49.1 Å². The van der Waals surface area contributed by atoms with Crippen molar-refractivity contribution in [2.45, 2.75) is 44.1 Å². The van der Waals surface area contributed by atoms with E-state index in [9.17, 15) is 19.5 Å². The molecule has 0 aromatic heterocycles. The van der Waals surface area contributed by atoms with Crippen LogP contribution >= 0.6 is 0 Å². The Bertz CT molecular complexity index is 1090. The van der Waals surface area contributed by atoms with Crippen molar-refractivity contribution < 1.29 is 24.2 Å². The minimum atomic E-state index is -1.01. The smallest absolute Gasteiger partial charge is 0.407 e. The lowest BCUT2D eigenvalue weighted by molar-refractivity contribution is -0.148. The number of aliphatic carboxylic acids is 1. The number of benzene rings is 2. The molecule has 0 bridgehead atoms. The molecule has 2 aromatic carbocycles. The molecule has 2 aliphatic rings. The third-order valence-corrected chi connectivity index (χ3v) is 6.41. The monoisotopic (exact) mass is 460 g/mol. The van der Waals surface area contributed by atoms with Gasteiger partial charge in [0.05, 0.1) is 6.54 Å². The lowest BCUT2D eigenvalue weighted by Crippen LogP contribution is -2.45. The van der Waals surface area contributed by atoms with Gasteiger partial charge >= 0.3 is 12.1 Å². The van der Waals surface area contributed by atoms with E-state index in [1.54, 1.807) is 0 Å². The lowest BCUT2D eigenvalue weighted by atomic mass is 9.98. The Hall–Kier alpha value is -3.79. The van der Waals surface area contributed by atoms with Crippen LogP contribution in [-0.4, -0.2) is 53.7 Å². The molecular weight excluding hydrogens is 432 g/mol. The van der Waals surface area contributed by atoms with E-state index >= 15 is 0 Å². The molecule has 0 spiro atoms.